The fraction of sp³-hybridized carbons (Fsp3) is 0.400. The number of Topliss-reactive ketones (excluding diaryl/α,β-unsaturated/α-hetero) is 1. The van der Waals surface area contributed by atoms with Crippen LogP contribution >= 0.6 is 0 Å². The molecule has 0 radical (unpaired) electrons. The molecule has 0 rings (SSSR count). The molecule has 0 unspecified atom stereocenters. The normalized spacial score (nSPS) is 7.40. The standard InChI is InChI=1S/C5H6O4.In.3H/c1-3(6)5(8)9-4(2)7;;;;/h1-2H3;;;;. The fourth-order valence-corrected chi connectivity index (χ4v) is 0.202. The van der Waals surface area contributed by atoms with Gasteiger partial charge in [-0.15, -0.1) is 0 Å². The number of carbonyl (C=O) groups excluding carboxylic acids is 3. The van der Waals surface area contributed by atoms with Gasteiger partial charge in [-0.05, 0) is 0 Å². The van der Waals surface area contributed by atoms with Crippen molar-refractivity contribution in [1.82, 2.24) is 0 Å². The molecule has 0 bridgehead atoms. The molecule has 56 valence electrons. The first-order valence-electron chi connectivity index (χ1n) is 2.27. The van der Waals surface area contributed by atoms with Crippen LogP contribution < -0.4 is 0 Å². The second-order valence-corrected chi connectivity index (χ2v) is 1.44. The van der Waals surface area contributed by atoms with E-state index in [-0.39, 0.29) is 25.8 Å². The van der Waals surface area contributed by atoms with E-state index in [9.17, 15) is 14.4 Å². The first kappa shape index (κ1) is 12.4. The Balaban J connectivity index is 0. The topological polar surface area (TPSA) is 60.4 Å². The van der Waals surface area contributed by atoms with Crippen molar-refractivity contribution in [1.29, 1.82) is 0 Å². The Morgan fingerprint density at radius 2 is 1.50 bits per heavy atom. The summed E-state index contributed by atoms with van der Waals surface area (Å²) in [5.74, 6) is -2.65. The molecular weight excluding hydrogens is 239 g/mol. The van der Waals surface area contributed by atoms with E-state index >= 15 is 0 Å². The summed E-state index contributed by atoms with van der Waals surface area (Å²) < 4.78 is 3.88. The summed E-state index contributed by atoms with van der Waals surface area (Å²) in [5, 5.41) is 0. The van der Waals surface area contributed by atoms with E-state index in [1.807, 2.05) is 0 Å². The average Bonchev–Trinajstić information content (AvgIpc) is 1.63. The van der Waals surface area contributed by atoms with E-state index in [1.165, 1.54) is 0 Å². The van der Waals surface area contributed by atoms with Gasteiger partial charge in [0.15, 0.2) is 0 Å². The Morgan fingerprint density at radius 1 is 1.10 bits per heavy atom. The summed E-state index contributed by atoms with van der Waals surface area (Å²) in [6, 6.07) is 0. The summed E-state index contributed by atoms with van der Waals surface area (Å²) >= 11 is 0. The van der Waals surface area contributed by atoms with Gasteiger partial charge in [-0.25, -0.2) is 4.79 Å². The molecule has 5 heteroatoms. The van der Waals surface area contributed by atoms with Crippen LogP contribution in [-0.2, 0) is 19.1 Å². The van der Waals surface area contributed by atoms with Crippen molar-refractivity contribution in [2.75, 3.05) is 0 Å². The van der Waals surface area contributed by atoms with E-state index in [1.54, 1.807) is 0 Å². The van der Waals surface area contributed by atoms with E-state index in [2.05, 4.69) is 4.74 Å². The number of ketones is 1. The molecule has 0 aromatic rings. The maximum atomic E-state index is 10.2. The van der Waals surface area contributed by atoms with E-state index < -0.39 is 17.7 Å². The predicted octanol–water partition coefficient (Wildman–Crippen LogP) is -1.52. The number of esters is 2. The molecule has 0 saturated heterocycles. The third kappa shape index (κ3) is 5.81. The molecular formula is C5H9InO4. The Kier molecular flexibility index (Phi) is 6.76. The number of ether oxygens (including phenoxy) is 1. The van der Waals surface area contributed by atoms with Crippen molar-refractivity contribution in [3.8, 4) is 0 Å². The summed E-state index contributed by atoms with van der Waals surface area (Å²) in [4.78, 5) is 30.2. The van der Waals surface area contributed by atoms with Gasteiger partial charge < -0.3 is 4.74 Å². The van der Waals surface area contributed by atoms with Crippen LogP contribution in [-0.4, -0.2) is 43.6 Å². The second kappa shape index (κ2) is 5.46. The van der Waals surface area contributed by atoms with E-state index in [0.717, 1.165) is 13.8 Å². The monoisotopic (exact) mass is 248 g/mol. The minimum absolute atomic E-state index is 0. The molecule has 0 spiro atoms. The molecule has 0 saturated carbocycles. The Bertz CT molecular complexity index is 163. The molecule has 0 aliphatic heterocycles. The number of hydrogen-bond acceptors (Lipinski definition) is 4. The van der Waals surface area contributed by atoms with Crippen LogP contribution in [0.4, 0.5) is 0 Å². The van der Waals surface area contributed by atoms with Crippen molar-refractivity contribution in [2.45, 2.75) is 13.8 Å². The number of hydrogen-bond donors (Lipinski definition) is 0. The van der Waals surface area contributed by atoms with Crippen LogP contribution in [0.2, 0.25) is 0 Å². The summed E-state index contributed by atoms with van der Waals surface area (Å²) in [6.45, 7) is 2.09. The molecule has 10 heavy (non-hydrogen) atoms. The maximum absolute atomic E-state index is 10.2. The molecule has 0 heterocycles. The number of rotatable bonds is 1. The Labute approximate surface area is 76.7 Å². The Hall–Kier alpha value is -0.320. The zero-order valence-corrected chi connectivity index (χ0v) is 5.13. The van der Waals surface area contributed by atoms with Crippen LogP contribution in [0.1, 0.15) is 13.8 Å². The molecule has 0 aliphatic carbocycles. The van der Waals surface area contributed by atoms with Gasteiger partial charge in [0, 0.05) is 13.8 Å². The van der Waals surface area contributed by atoms with Crippen molar-refractivity contribution in [2.24, 2.45) is 0 Å². The van der Waals surface area contributed by atoms with Crippen LogP contribution in [0.3, 0.4) is 0 Å². The van der Waals surface area contributed by atoms with Gasteiger partial charge in [0.05, 0.1) is 0 Å². The van der Waals surface area contributed by atoms with Crippen LogP contribution in [0.5, 0.6) is 0 Å². The predicted molar refractivity (Wildman–Crippen MR) is 37.4 cm³/mol. The van der Waals surface area contributed by atoms with E-state index in [0.29, 0.717) is 0 Å². The summed E-state index contributed by atoms with van der Waals surface area (Å²) in [7, 11) is 0. The van der Waals surface area contributed by atoms with Crippen molar-refractivity contribution in [3.63, 3.8) is 0 Å². The van der Waals surface area contributed by atoms with Gasteiger partial charge in [-0.1, -0.05) is 0 Å². The van der Waals surface area contributed by atoms with Crippen molar-refractivity contribution < 1.29 is 19.1 Å². The fourth-order valence-electron chi connectivity index (χ4n) is 0.202. The van der Waals surface area contributed by atoms with Gasteiger partial charge in [0.1, 0.15) is 0 Å². The minimum atomic E-state index is -1.11. The molecule has 0 aliphatic rings. The first-order valence-corrected chi connectivity index (χ1v) is 2.27. The zero-order chi connectivity index (χ0) is 7.44. The molecule has 0 atom stereocenters. The van der Waals surface area contributed by atoms with Crippen LogP contribution in [0, 0.1) is 0 Å². The molecule has 0 aromatic carbocycles. The van der Waals surface area contributed by atoms with Gasteiger partial charge >= 0.3 is 37.8 Å². The van der Waals surface area contributed by atoms with Gasteiger partial charge in [-0.3, -0.25) is 9.59 Å². The second-order valence-electron chi connectivity index (χ2n) is 1.44. The van der Waals surface area contributed by atoms with Gasteiger partial charge in [0.25, 0.3) is 0 Å². The summed E-state index contributed by atoms with van der Waals surface area (Å²) in [5.41, 5.74) is 0. The SMILES string of the molecule is CC(=O)OC(=O)C(C)=O.[InH3]. The third-order valence-corrected chi connectivity index (χ3v) is 0.524. The molecule has 4 nitrogen and oxygen atoms in total. The quantitative estimate of drug-likeness (QED) is 0.321. The molecule has 0 N–H and O–H groups in total. The average molecular weight is 248 g/mol. The molecule has 0 aromatic heterocycles. The molecule has 0 amide bonds. The van der Waals surface area contributed by atoms with Gasteiger partial charge in [0.2, 0.25) is 5.78 Å². The van der Waals surface area contributed by atoms with Crippen LogP contribution in [0.15, 0.2) is 0 Å². The summed E-state index contributed by atoms with van der Waals surface area (Å²) in [6.07, 6.45) is 0. The number of carbonyl (C=O) groups is 3. The Morgan fingerprint density at radius 3 is 1.60 bits per heavy atom. The third-order valence-electron chi connectivity index (χ3n) is 0.524. The van der Waals surface area contributed by atoms with Crippen molar-refractivity contribution in [3.05, 3.63) is 0 Å². The van der Waals surface area contributed by atoms with Gasteiger partial charge in [-0.2, -0.15) is 0 Å². The van der Waals surface area contributed by atoms with Crippen LogP contribution in [0.25, 0.3) is 0 Å². The van der Waals surface area contributed by atoms with Crippen molar-refractivity contribution >= 4 is 43.6 Å². The molecule has 0 fully saturated rings. The zero-order valence-electron chi connectivity index (χ0n) is 5.13. The van der Waals surface area contributed by atoms with E-state index in [4.69, 9.17) is 0 Å². The first-order chi connectivity index (χ1) is 4.04.